The van der Waals surface area contributed by atoms with Crippen LogP contribution in [0.4, 0.5) is 16.2 Å². The fraction of sp³-hybridized carbons (Fsp3) is 0.136. The number of nitro groups is 1. The molecule has 7 nitrogen and oxygen atoms in total. The van der Waals surface area contributed by atoms with Gasteiger partial charge in [-0.05, 0) is 35.9 Å². The number of amides is 2. The Hall–Kier alpha value is -3.42. The van der Waals surface area contributed by atoms with Crippen molar-refractivity contribution in [1.82, 2.24) is 4.90 Å². The summed E-state index contributed by atoms with van der Waals surface area (Å²) in [5.41, 5.74) is 2.19. The molecule has 1 fully saturated rings. The summed E-state index contributed by atoms with van der Waals surface area (Å²) in [6.45, 7) is 0.295. The molecule has 2 atom stereocenters. The van der Waals surface area contributed by atoms with Crippen LogP contribution in [-0.2, 0) is 4.74 Å². The maximum atomic E-state index is 13.0. The average Bonchev–Trinajstić information content (AvgIpc) is 3.20. The zero-order valence-corrected chi connectivity index (χ0v) is 16.5. The van der Waals surface area contributed by atoms with Gasteiger partial charge < -0.3 is 10.1 Å². The Labute approximate surface area is 178 Å². The molecule has 0 bridgehead atoms. The minimum absolute atomic E-state index is 0.00640. The molecule has 0 radical (unpaired) electrons. The summed E-state index contributed by atoms with van der Waals surface area (Å²) in [5, 5.41) is 14.3. The lowest BCUT2D eigenvalue weighted by Crippen LogP contribution is -2.35. The number of anilines is 1. The molecule has 1 saturated heterocycles. The van der Waals surface area contributed by atoms with Crippen molar-refractivity contribution >= 4 is 29.0 Å². The highest BCUT2D eigenvalue weighted by Crippen LogP contribution is 2.38. The minimum Gasteiger partial charge on any atom is -0.344 e. The van der Waals surface area contributed by atoms with E-state index >= 15 is 0 Å². The number of nitrogens with one attached hydrogen (secondary N) is 1. The molecule has 0 unspecified atom stereocenters. The molecule has 4 rings (SSSR count). The molecule has 0 spiro atoms. The normalized spacial score (nSPS) is 18.2. The molecule has 0 aliphatic carbocycles. The Balaban J connectivity index is 1.59. The first kappa shape index (κ1) is 19.9. The number of halogens is 1. The van der Waals surface area contributed by atoms with Crippen LogP contribution in [0, 0.1) is 10.1 Å². The zero-order valence-electron chi connectivity index (χ0n) is 15.8. The second kappa shape index (κ2) is 8.52. The largest absolute Gasteiger partial charge is 0.344 e. The predicted molar refractivity (Wildman–Crippen MR) is 113 cm³/mol. The molecule has 3 aromatic carbocycles. The van der Waals surface area contributed by atoms with E-state index in [1.54, 1.807) is 41.3 Å². The summed E-state index contributed by atoms with van der Waals surface area (Å²) in [6, 6.07) is 22.2. The maximum Gasteiger partial charge on any atom is 0.324 e. The Bertz CT molecular complexity index is 1060. The number of nitro benzene ring substituents is 1. The van der Waals surface area contributed by atoms with Crippen molar-refractivity contribution in [1.29, 1.82) is 0 Å². The monoisotopic (exact) mass is 423 g/mol. The lowest BCUT2D eigenvalue weighted by Gasteiger charge is -2.23. The molecular weight excluding hydrogens is 406 g/mol. The molecule has 0 saturated carbocycles. The Morgan fingerprint density at radius 1 is 1.03 bits per heavy atom. The van der Waals surface area contributed by atoms with Gasteiger partial charge in [-0.15, -0.1) is 0 Å². The van der Waals surface area contributed by atoms with Gasteiger partial charge in [-0.2, -0.15) is 0 Å². The van der Waals surface area contributed by atoms with E-state index in [1.165, 1.54) is 12.1 Å². The predicted octanol–water partition coefficient (Wildman–Crippen LogP) is 5.55. The van der Waals surface area contributed by atoms with E-state index in [0.29, 0.717) is 17.3 Å². The highest BCUT2D eigenvalue weighted by Gasteiger charge is 2.38. The number of carbonyl (C=O) groups is 1. The van der Waals surface area contributed by atoms with Gasteiger partial charge >= 0.3 is 6.03 Å². The van der Waals surface area contributed by atoms with Crippen molar-refractivity contribution in [3.05, 3.63) is 105 Å². The quantitative estimate of drug-likeness (QED) is 0.440. The van der Waals surface area contributed by atoms with Gasteiger partial charge in [-0.25, -0.2) is 4.79 Å². The van der Waals surface area contributed by atoms with E-state index in [0.717, 1.165) is 11.1 Å². The fourth-order valence-corrected chi connectivity index (χ4v) is 3.56. The van der Waals surface area contributed by atoms with Crippen LogP contribution in [-0.4, -0.2) is 22.4 Å². The number of non-ortho nitro benzene ring substituents is 1. The van der Waals surface area contributed by atoms with Gasteiger partial charge in [-0.1, -0.05) is 48.0 Å². The molecule has 1 aliphatic rings. The summed E-state index contributed by atoms with van der Waals surface area (Å²) in [5.74, 6) is 0. The van der Waals surface area contributed by atoms with Crippen LogP contribution in [0.2, 0.25) is 5.02 Å². The Morgan fingerprint density at radius 3 is 2.43 bits per heavy atom. The van der Waals surface area contributed by atoms with Gasteiger partial charge in [-0.3, -0.25) is 15.0 Å². The number of nitrogens with zero attached hydrogens (tertiary/aromatic N) is 2. The van der Waals surface area contributed by atoms with Gasteiger partial charge in [0, 0.05) is 28.4 Å². The van der Waals surface area contributed by atoms with Crippen LogP contribution >= 0.6 is 11.6 Å². The Kier molecular flexibility index (Phi) is 5.65. The van der Waals surface area contributed by atoms with Gasteiger partial charge in [0.1, 0.15) is 6.10 Å². The SMILES string of the molecule is O=C(Nc1cccc(Cl)c1)N1C[C@H](c2ccc([N+](=O)[O-])cc2)O[C@H]1c1ccccc1. The van der Waals surface area contributed by atoms with Crippen molar-refractivity contribution in [2.75, 3.05) is 11.9 Å². The van der Waals surface area contributed by atoms with Crippen molar-refractivity contribution in [3.63, 3.8) is 0 Å². The Morgan fingerprint density at radius 2 is 1.77 bits per heavy atom. The molecule has 8 heteroatoms. The summed E-state index contributed by atoms with van der Waals surface area (Å²) < 4.78 is 6.20. The van der Waals surface area contributed by atoms with Gasteiger partial charge in [0.05, 0.1) is 11.5 Å². The van der Waals surface area contributed by atoms with Gasteiger partial charge in [0.25, 0.3) is 5.69 Å². The number of hydrogen-bond acceptors (Lipinski definition) is 4. The van der Waals surface area contributed by atoms with Crippen molar-refractivity contribution < 1.29 is 14.5 Å². The third-order valence-electron chi connectivity index (χ3n) is 4.84. The topological polar surface area (TPSA) is 84.7 Å². The highest BCUT2D eigenvalue weighted by atomic mass is 35.5. The average molecular weight is 424 g/mol. The third kappa shape index (κ3) is 4.27. The fourth-order valence-electron chi connectivity index (χ4n) is 3.37. The number of hydrogen-bond donors (Lipinski definition) is 1. The summed E-state index contributed by atoms with van der Waals surface area (Å²) in [7, 11) is 0. The van der Waals surface area contributed by atoms with Gasteiger partial charge in [0.15, 0.2) is 6.23 Å². The molecule has 30 heavy (non-hydrogen) atoms. The second-order valence-corrected chi connectivity index (χ2v) is 7.27. The number of ether oxygens (including phenoxy) is 1. The molecule has 152 valence electrons. The van der Waals surface area contributed by atoms with E-state index in [4.69, 9.17) is 16.3 Å². The maximum absolute atomic E-state index is 13.0. The van der Waals surface area contributed by atoms with Crippen molar-refractivity contribution in [2.24, 2.45) is 0 Å². The van der Waals surface area contributed by atoms with Crippen LogP contribution in [0.5, 0.6) is 0 Å². The van der Waals surface area contributed by atoms with E-state index in [2.05, 4.69) is 5.32 Å². The smallest absolute Gasteiger partial charge is 0.324 e. The molecule has 1 heterocycles. The van der Waals surface area contributed by atoms with Gasteiger partial charge in [0.2, 0.25) is 0 Å². The minimum atomic E-state index is -0.592. The van der Waals surface area contributed by atoms with Crippen LogP contribution in [0.1, 0.15) is 23.5 Å². The first-order valence-electron chi connectivity index (χ1n) is 9.29. The molecule has 1 N–H and O–H groups in total. The standard InChI is InChI=1S/C22H18ClN3O4/c23-17-7-4-8-18(13-17)24-22(27)25-14-20(15-9-11-19(12-10-15)26(28)29)30-21(25)16-5-2-1-3-6-16/h1-13,20-21H,14H2,(H,24,27)/t20-,21+/m1/s1. The number of benzene rings is 3. The first-order valence-corrected chi connectivity index (χ1v) is 9.67. The molecular formula is C22H18ClN3O4. The molecule has 2 amide bonds. The van der Waals surface area contributed by atoms with E-state index in [-0.39, 0.29) is 11.7 Å². The second-order valence-electron chi connectivity index (χ2n) is 6.83. The van der Waals surface area contributed by atoms with Crippen molar-refractivity contribution in [3.8, 4) is 0 Å². The first-order chi connectivity index (χ1) is 14.5. The van der Waals surface area contributed by atoms with Crippen LogP contribution in [0.15, 0.2) is 78.9 Å². The highest BCUT2D eigenvalue weighted by molar-refractivity contribution is 6.30. The summed E-state index contributed by atoms with van der Waals surface area (Å²) in [4.78, 5) is 25.1. The lowest BCUT2D eigenvalue weighted by molar-refractivity contribution is -0.384. The number of rotatable bonds is 4. The summed E-state index contributed by atoms with van der Waals surface area (Å²) in [6.07, 6.45) is -1.01. The van der Waals surface area contributed by atoms with Crippen LogP contribution in [0.3, 0.4) is 0 Å². The van der Waals surface area contributed by atoms with Crippen LogP contribution in [0.25, 0.3) is 0 Å². The van der Waals surface area contributed by atoms with E-state index in [9.17, 15) is 14.9 Å². The zero-order chi connectivity index (χ0) is 21.1. The molecule has 3 aromatic rings. The van der Waals surface area contributed by atoms with E-state index < -0.39 is 17.3 Å². The third-order valence-corrected chi connectivity index (χ3v) is 5.07. The van der Waals surface area contributed by atoms with Crippen LogP contribution < -0.4 is 5.32 Å². The van der Waals surface area contributed by atoms with Crippen molar-refractivity contribution in [2.45, 2.75) is 12.3 Å². The summed E-state index contributed by atoms with van der Waals surface area (Å²) >= 11 is 6.01. The lowest BCUT2D eigenvalue weighted by atomic mass is 10.1. The molecule has 1 aliphatic heterocycles. The van der Waals surface area contributed by atoms with E-state index in [1.807, 2.05) is 30.3 Å². The number of carbonyl (C=O) groups excluding carboxylic acids is 1. The molecule has 0 aromatic heterocycles. The number of urea groups is 1.